The Morgan fingerprint density at radius 2 is 1.62 bits per heavy atom. The van der Waals surface area contributed by atoms with Gasteiger partial charge in [0.25, 0.3) is 0 Å². The first-order valence-corrected chi connectivity index (χ1v) is 14.6. The second-order valence-electron chi connectivity index (χ2n) is 11.0. The largest absolute Gasteiger partial charge is 0.469 e. The number of aryl methyl sites for hydroxylation is 1. The normalized spacial score (nSPS) is 20.4. The van der Waals surface area contributed by atoms with E-state index < -0.39 is 17.7 Å². The summed E-state index contributed by atoms with van der Waals surface area (Å²) >= 11 is 0. The molecule has 7 heteroatoms. The van der Waals surface area contributed by atoms with E-state index in [9.17, 15) is 9.59 Å². The molecular weight excluding hydrogens is 490 g/mol. The molecule has 2 saturated heterocycles. The highest BCUT2D eigenvalue weighted by atomic mass is 16.5. The van der Waals surface area contributed by atoms with Crippen LogP contribution in [0.3, 0.4) is 0 Å². The Hall–Kier alpha value is -2.90. The fourth-order valence-electron chi connectivity index (χ4n) is 6.05. The van der Waals surface area contributed by atoms with E-state index >= 15 is 0 Å². The Morgan fingerprint density at radius 3 is 2.18 bits per heavy atom. The zero-order valence-corrected chi connectivity index (χ0v) is 24.2. The van der Waals surface area contributed by atoms with E-state index in [0.29, 0.717) is 25.2 Å². The number of hydrogen-bond acceptors (Lipinski definition) is 5. The number of hydrogen-bond donors (Lipinski definition) is 1. The molecule has 3 amide bonds. The molecule has 0 bridgehead atoms. The maximum absolute atomic E-state index is 13.5. The van der Waals surface area contributed by atoms with Gasteiger partial charge in [-0.1, -0.05) is 69.2 Å². The Kier molecular flexibility index (Phi) is 9.67. The van der Waals surface area contributed by atoms with E-state index in [1.807, 2.05) is 45.0 Å². The fourth-order valence-corrected chi connectivity index (χ4v) is 6.05. The van der Waals surface area contributed by atoms with Gasteiger partial charge < -0.3 is 14.8 Å². The molecular formula is C32H45N3O4. The van der Waals surface area contributed by atoms with Crippen molar-refractivity contribution < 1.29 is 19.1 Å². The number of nitrogens with zero attached hydrogens (tertiary/aromatic N) is 2. The summed E-state index contributed by atoms with van der Waals surface area (Å²) in [5, 5.41) is 3.12. The molecule has 1 unspecified atom stereocenters. The minimum atomic E-state index is -0.714. The Balaban J connectivity index is 1.52. The first-order valence-electron chi connectivity index (χ1n) is 14.6. The van der Waals surface area contributed by atoms with Gasteiger partial charge >= 0.3 is 6.03 Å². The van der Waals surface area contributed by atoms with Gasteiger partial charge in [-0.3, -0.25) is 9.69 Å². The maximum atomic E-state index is 13.5. The van der Waals surface area contributed by atoms with Crippen LogP contribution in [-0.4, -0.2) is 54.8 Å². The second-order valence-corrected chi connectivity index (χ2v) is 11.0. The van der Waals surface area contributed by atoms with Gasteiger partial charge in [0, 0.05) is 7.11 Å². The topological polar surface area (TPSA) is 71.1 Å². The van der Waals surface area contributed by atoms with Crippen molar-refractivity contribution in [1.82, 2.24) is 15.1 Å². The number of likely N-dealkylation sites (tertiary alicyclic amines) is 2. The van der Waals surface area contributed by atoms with Crippen molar-refractivity contribution in [2.45, 2.75) is 84.5 Å². The van der Waals surface area contributed by atoms with Crippen LogP contribution in [0, 0.1) is 12.3 Å². The van der Waals surface area contributed by atoms with Crippen molar-refractivity contribution >= 4 is 11.9 Å². The van der Waals surface area contributed by atoms with Gasteiger partial charge in [0.1, 0.15) is 11.2 Å². The van der Waals surface area contributed by atoms with E-state index in [1.165, 1.54) is 28.9 Å². The monoisotopic (exact) mass is 535 g/mol. The Bertz CT molecular complexity index is 1090. The van der Waals surface area contributed by atoms with Gasteiger partial charge in [0.05, 0.1) is 18.7 Å². The van der Waals surface area contributed by atoms with Crippen molar-refractivity contribution in [3.05, 3.63) is 65.2 Å². The van der Waals surface area contributed by atoms with E-state index in [1.54, 1.807) is 7.11 Å². The summed E-state index contributed by atoms with van der Waals surface area (Å²) in [7, 11) is 1.74. The number of carbonyl (C=O) groups excluding carboxylic acids is 2. The zero-order valence-electron chi connectivity index (χ0n) is 24.2. The molecule has 2 heterocycles. The summed E-state index contributed by atoms with van der Waals surface area (Å²) < 4.78 is 12.0. The number of methoxy groups -OCH3 is 1. The number of nitrogens with one attached hydrogen (secondary N) is 1. The average molecular weight is 536 g/mol. The van der Waals surface area contributed by atoms with Crippen molar-refractivity contribution in [3.8, 4) is 5.75 Å². The van der Waals surface area contributed by atoms with Crippen molar-refractivity contribution in [2.24, 2.45) is 5.41 Å². The van der Waals surface area contributed by atoms with Crippen LogP contribution in [0.5, 0.6) is 5.75 Å². The van der Waals surface area contributed by atoms with Gasteiger partial charge in [-0.15, -0.1) is 0 Å². The lowest BCUT2D eigenvalue weighted by Gasteiger charge is -2.53. The minimum Gasteiger partial charge on any atom is -0.469 e. The van der Waals surface area contributed by atoms with Crippen LogP contribution in [0.2, 0.25) is 0 Å². The minimum absolute atomic E-state index is 0.167. The lowest BCUT2D eigenvalue weighted by Crippen LogP contribution is -2.73. The van der Waals surface area contributed by atoms with Crippen LogP contribution in [0.25, 0.3) is 0 Å². The van der Waals surface area contributed by atoms with Crippen molar-refractivity contribution in [1.29, 1.82) is 0 Å². The van der Waals surface area contributed by atoms with Crippen molar-refractivity contribution in [2.75, 3.05) is 26.8 Å². The van der Waals surface area contributed by atoms with Crippen LogP contribution in [0.4, 0.5) is 4.79 Å². The highest BCUT2D eigenvalue weighted by molar-refractivity contribution is 6.03. The first-order chi connectivity index (χ1) is 18.9. The summed E-state index contributed by atoms with van der Waals surface area (Å²) in [5.74, 6) is 0.488. The molecule has 0 spiro atoms. The fraction of sp³-hybridized carbons (Fsp3) is 0.562. The third-order valence-electron chi connectivity index (χ3n) is 8.61. The van der Waals surface area contributed by atoms with Gasteiger partial charge in [0.2, 0.25) is 5.91 Å². The predicted molar refractivity (Wildman–Crippen MR) is 154 cm³/mol. The predicted octanol–water partition coefficient (Wildman–Crippen LogP) is 6.38. The molecule has 1 N–H and O–H groups in total. The molecule has 2 aliphatic rings. The van der Waals surface area contributed by atoms with Crippen LogP contribution >= 0.6 is 0 Å². The van der Waals surface area contributed by atoms with Crippen LogP contribution < -0.4 is 10.1 Å². The summed E-state index contributed by atoms with van der Waals surface area (Å²) in [6.45, 7) is 10.9. The molecule has 2 fully saturated rings. The Morgan fingerprint density at radius 1 is 1.00 bits per heavy atom. The number of rotatable bonds is 12. The van der Waals surface area contributed by atoms with Gasteiger partial charge in [0.15, 0.2) is 6.23 Å². The highest BCUT2D eigenvalue weighted by Crippen LogP contribution is 2.46. The van der Waals surface area contributed by atoms with Crippen LogP contribution in [-0.2, 0) is 9.53 Å². The first kappa shape index (κ1) is 29.1. The van der Waals surface area contributed by atoms with Crippen LogP contribution in [0.15, 0.2) is 48.5 Å². The van der Waals surface area contributed by atoms with Gasteiger partial charge in [-0.05, 0) is 75.4 Å². The molecule has 0 aromatic heterocycles. The molecule has 0 radical (unpaired) electrons. The molecule has 0 saturated carbocycles. The molecule has 2 aromatic rings. The Labute approximate surface area is 233 Å². The third-order valence-corrected chi connectivity index (χ3v) is 8.61. The van der Waals surface area contributed by atoms with Gasteiger partial charge in [-0.25, -0.2) is 9.69 Å². The van der Waals surface area contributed by atoms with E-state index in [2.05, 4.69) is 41.4 Å². The SMILES string of the molecule is CCCC(NC(=O)N1C(=O)C(CC)(CC)[C@@H]1Oc1ccc([C@H](COC)N2CCCC2)cc1)c1ccc(C)cc1. The average Bonchev–Trinajstić information content (AvgIpc) is 3.48. The number of carbonyl (C=O) groups is 2. The van der Waals surface area contributed by atoms with E-state index in [4.69, 9.17) is 9.47 Å². The number of benzene rings is 2. The van der Waals surface area contributed by atoms with Gasteiger partial charge in [-0.2, -0.15) is 0 Å². The highest BCUT2D eigenvalue weighted by Gasteiger charge is 2.63. The quantitative estimate of drug-likeness (QED) is 0.319. The molecule has 3 atom stereocenters. The summed E-state index contributed by atoms with van der Waals surface area (Å²) in [6, 6.07) is 15.9. The summed E-state index contributed by atoms with van der Waals surface area (Å²) in [5.41, 5.74) is 2.68. The molecule has 4 rings (SSSR count). The number of amides is 3. The lowest BCUT2D eigenvalue weighted by molar-refractivity contribution is -0.191. The van der Waals surface area contributed by atoms with E-state index in [-0.39, 0.29) is 18.0 Å². The molecule has 212 valence electrons. The maximum Gasteiger partial charge on any atom is 0.327 e. The molecule has 7 nitrogen and oxygen atoms in total. The number of imide groups is 1. The number of β-lactam (4-membered cyclic amide) rings is 1. The third kappa shape index (κ3) is 5.99. The van der Waals surface area contributed by atoms with Crippen molar-refractivity contribution in [3.63, 3.8) is 0 Å². The van der Waals surface area contributed by atoms with Crippen LogP contribution in [0.1, 0.15) is 88.1 Å². The summed E-state index contributed by atoms with van der Waals surface area (Å²) in [6.07, 6.45) is 4.69. The molecule has 0 aliphatic carbocycles. The molecule has 39 heavy (non-hydrogen) atoms. The number of ether oxygens (including phenoxy) is 2. The lowest BCUT2D eigenvalue weighted by atomic mass is 9.72. The smallest absolute Gasteiger partial charge is 0.327 e. The molecule has 2 aromatic carbocycles. The standard InChI is InChI=1S/C32H45N3O4/c1-6-11-27(24-14-12-23(4)13-15-24)33-31(37)35-29(36)32(7-2,8-3)30(35)39-26-18-16-25(17-19-26)28(22-38-5)34-20-9-10-21-34/h12-19,27-28,30H,6-11,20-22H2,1-5H3,(H,33,37)/t27?,28-,30-/m0/s1. The summed E-state index contributed by atoms with van der Waals surface area (Å²) in [4.78, 5) is 30.7. The van der Waals surface area contributed by atoms with E-state index in [0.717, 1.165) is 31.5 Å². The number of urea groups is 1. The zero-order chi connectivity index (χ0) is 28.0. The molecule has 2 aliphatic heterocycles. The second kappa shape index (κ2) is 13.0.